The summed E-state index contributed by atoms with van der Waals surface area (Å²) in [7, 11) is 0. The molecule has 17 heteroatoms. The van der Waals surface area contributed by atoms with Crippen molar-refractivity contribution in [3.05, 3.63) is 0 Å². The van der Waals surface area contributed by atoms with Crippen LogP contribution in [0, 0.1) is 0 Å². The summed E-state index contributed by atoms with van der Waals surface area (Å²) in [6.45, 7) is -0.699. The quantitative estimate of drug-likeness (QED) is 0.709. The molecule has 0 radical (unpaired) electrons. The average molecular weight is 420 g/mol. The molecule has 1 saturated heterocycles. The SMILES string of the molecule is CC1(F)OC(F)(F)C(F)(C(F)(F)F)OC1(F)OC(F)(C(=O)O)C(F)(F)F. The fourth-order valence-corrected chi connectivity index (χ4v) is 1.44. The van der Waals surface area contributed by atoms with E-state index in [1.54, 1.807) is 0 Å². The molecular weight excluding hydrogens is 416 g/mol. The average Bonchev–Trinajstić information content (AvgIpc) is 2.32. The van der Waals surface area contributed by atoms with Gasteiger partial charge in [0.25, 0.3) is 5.85 Å². The second kappa shape index (κ2) is 5.51. The molecule has 26 heavy (non-hydrogen) atoms. The zero-order valence-electron chi connectivity index (χ0n) is 11.6. The smallest absolute Gasteiger partial charge is 0.460 e. The van der Waals surface area contributed by atoms with Crippen LogP contribution in [0.2, 0.25) is 0 Å². The van der Waals surface area contributed by atoms with Gasteiger partial charge in [-0.1, -0.05) is 0 Å². The minimum Gasteiger partial charge on any atom is -0.477 e. The summed E-state index contributed by atoms with van der Waals surface area (Å²) in [6.07, 6.45) is -20.2. The van der Waals surface area contributed by atoms with Crippen LogP contribution in [0.15, 0.2) is 0 Å². The molecule has 1 aliphatic rings. The molecule has 0 aromatic heterocycles. The highest BCUT2D eigenvalue weighted by Crippen LogP contribution is 2.59. The molecule has 5 nitrogen and oxygen atoms in total. The molecule has 4 atom stereocenters. The monoisotopic (exact) mass is 420 g/mol. The lowest BCUT2D eigenvalue weighted by Crippen LogP contribution is -2.74. The predicted molar refractivity (Wildman–Crippen MR) is 49.0 cm³/mol. The standard InChI is InChI=1S/C9H4F12O5/c1-3(10)9(21,25-4(11,2(22)23)6(13,14)15)26-5(12,7(16,17)18)8(19,20)24-3/h1H3,(H,22,23). The van der Waals surface area contributed by atoms with Crippen molar-refractivity contribution in [3.8, 4) is 0 Å². The van der Waals surface area contributed by atoms with Gasteiger partial charge in [0.05, 0.1) is 0 Å². The predicted octanol–water partition coefficient (Wildman–Crippen LogP) is 3.49. The second-order valence-electron chi connectivity index (χ2n) is 4.77. The summed E-state index contributed by atoms with van der Waals surface area (Å²) in [4.78, 5) is 10.3. The molecule has 154 valence electrons. The third-order valence-electron chi connectivity index (χ3n) is 2.78. The summed E-state index contributed by atoms with van der Waals surface area (Å²) in [5.74, 6) is -22.1. The van der Waals surface area contributed by atoms with Crippen molar-refractivity contribution in [2.24, 2.45) is 0 Å². The van der Waals surface area contributed by atoms with E-state index in [-0.39, 0.29) is 0 Å². The van der Waals surface area contributed by atoms with E-state index in [2.05, 4.69) is 14.2 Å². The maximum absolute atomic E-state index is 14.1. The summed E-state index contributed by atoms with van der Waals surface area (Å²) in [5.41, 5.74) is 0. The van der Waals surface area contributed by atoms with E-state index in [1.165, 1.54) is 0 Å². The molecule has 0 saturated carbocycles. The van der Waals surface area contributed by atoms with Crippen molar-refractivity contribution in [1.82, 2.24) is 0 Å². The van der Waals surface area contributed by atoms with Crippen LogP contribution in [-0.4, -0.2) is 53.1 Å². The second-order valence-corrected chi connectivity index (χ2v) is 4.77. The minimum atomic E-state index is -6.99. The van der Waals surface area contributed by atoms with Gasteiger partial charge in [-0.15, -0.1) is 0 Å². The number of halogens is 12. The lowest BCUT2D eigenvalue weighted by atomic mass is 10.1. The van der Waals surface area contributed by atoms with Crippen LogP contribution in [0.4, 0.5) is 52.7 Å². The van der Waals surface area contributed by atoms with Gasteiger partial charge in [-0.25, -0.2) is 9.18 Å². The van der Waals surface area contributed by atoms with E-state index >= 15 is 0 Å². The maximum Gasteiger partial charge on any atom is 0.460 e. The van der Waals surface area contributed by atoms with E-state index in [0.717, 1.165) is 0 Å². The lowest BCUT2D eigenvalue weighted by molar-refractivity contribution is -0.621. The number of ether oxygens (including phenoxy) is 3. The summed E-state index contributed by atoms with van der Waals surface area (Å²) < 4.78 is 163. The summed E-state index contributed by atoms with van der Waals surface area (Å²) in [5, 5.41) is 8.11. The fraction of sp³-hybridized carbons (Fsp3) is 0.889. The van der Waals surface area contributed by atoms with Gasteiger partial charge in [0.15, 0.2) is 0 Å². The van der Waals surface area contributed by atoms with Crippen molar-refractivity contribution in [2.45, 2.75) is 49.0 Å². The minimum absolute atomic E-state index is 0.699. The highest BCUT2D eigenvalue weighted by Gasteiger charge is 2.86. The van der Waals surface area contributed by atoms with Crippen LogP contribution in [-0.2, 0) is 19.0 Å². The number of hydrogen-bond donors (Lipinski definition) is 1. The summed E-state index contributed by atoms with van der Waals surface area (Å²) >= 11 is 0. The topological polar surface area (TPSA) is 65.0 Å². The first-order chi connectivity index (χ1) is 11.1. The first kappa shape index (κ1) is 22.6. The van der Waals surface area contributed by atoms with Crippen LogP contribution >= 0.6 is 0 Å². The molecule has 0 amide bonds. The number of carboxylic acid groups (broad SMARTS) is 1. The van der Waals surface area contributed by atoms with Gasteiger partial charge in [0.2, 0.25) is 0 Å². The largest absolute Gasteiger partial charge is 0.477 e. The van der Waals surface area contributed by atoms with Gasteiger partial charge in [-0.3, -0.25) is 14.2 Å². The van der Waals surface area contributed by atoms with Crippen molar-refractivity contribution >= 4 is 5.97 Å². The van der Waals surface area contributed by atoms with Gasteiger partial charge >= 0.3 is 42.2 Å². The zero-order chi connectivity index (χ0) is 21.2. The van der Waals surface area contributed by atoms with E-state index in [0.29, 0.717) is 0 Å². The zero-order valence-corrected chi connectivity index (χ0v) is 11.6. The van der Waals surface area contributed by atoms with Gasteiger partial charge < -0.3 is 5.11 Å². The fourth-order valence-electron chi connectivity index (χ4n) is 1.44. The van der Waals surface area contributed by atoms with Crippen LogP contribution in [0.3, 0.4) is 0 Å². The number of carboxylic acids is 1. The van der Waals surface area contributed by atoms with Gasteiger partial charge in [-0.05, 0) is 0 Å². The number of hydrogen-bond acceptors (Lipinski definition) is 4. The van der Waals surface area contributed by atoms with E-state index in [4.69, 9.17) is 5.11 Å². The molecule has 1 N–H and O–H groups in total. The molecule has 0 bridgehead atoms. The molecule has 0 aromatic carbocycles. The molecule has 1 heterocycles. The lowest BCUT2D eigenvalue weighted by Gasteiger charge is -2.49. The van der Waals surface area contributed by atoms with Gasteiger partial charge in [-0.2, -0.15) is 48.3 Å². The van der Waals surface area contributed by atoms with Crippen molar-refractivity contribution in [3.63, 3.8) is 0 Å². The van der Waals surface area contributed by atoms with Gasteiger partial charge in [0.1, 0.15) is 0 Å². The summed E-state index contributed by atoms with van der Waals surface area (Å²) in [6, 6.07) is -6.10. The van der Waals surface area contributed by atoms with Crippen LogP contribution < -0.4 is 0 Å². The third-order valence-corrected chi connectivity index (χ3v) is 2.78. The van der Waals surface area contributed by atoms with Crippen molar-refractivity contribution in [1.29, 1.82) is 0 Å². The molecule has 1 fully saturated rings. The third kappa shape index (κ3) is 3.04. The van der Waals surface area contributed by atoms with Gasteiger partial charge in [0, 0.05) is 6.92 Å². The van der Waals surface area contributed by atoms with Crippen molar-refractivity contribution < 1.29 is 76.8 Å². The molecule has 1 aliphatic heterocycles. The molecule has 0 aromatic rings. The first-order valence-electron chi connectivity index (χ1n) is 5.67. The molecule has 0 spiro atoms. The molecule has 0 aliphatic carbocycles. The Balaban J connectivity index is 3.55. The number of aliphatic carboxylic acids is 1. The Morgan fingerprint density at radius 1 is 0.923 bits per heavy atom. The number of carbonyl (C=O) groups is 1. The first-order valence-corrected chi connectivity index (χ1v) is 5.67. The number of rotatable bonds is 3. The normalized spacial score (nSPS) is 37.9. The Bertz CT molecular complexity index is 587. The Morgan fingerprint density at radius 2 is 1.35 bits per heavy atom. The van der Waals surface area contributed by atoms with E-state index in [1.807, 2.05) is 0 Å². The Kier molecular flexibility index (Phi) is 4.78. The van der Waals surface area contributed by atoms with Crippen molar-refractivity contribution in [2.75, 3.05) is 0 Å². The highest BCUT2D eigenvalue weighted by molar-refractivity contribution is 5.76. The van der Waals surface area contributed by atoms with E-state index in [9.17, 15) is 57.5 Å². The maximum atomic E-state index is 14.1. The Labute approximate surface area is 133 Å². The number of alkyl halides is 12. The molecule has 4 unspecified atom stereocenters. The highest BCUT2D eigenvalue weighted by atomic mass is 19.4. The molecule has 1 rings (SSSR count). The Morgan fingerprint density at radius 3 is 1.65 bits per heavy atom. The van der Waals surface area contributed by atoms with Crippen LogP contribution in [0.25, 0.3) is 0 Å². The van der Waals surface area contributed by atoms with E-state index < -0.39 is 55.0 Å². The van der Waals surface area contributed by atoms with Crippen LogP contribution in [0.1, 0.15) is 6.92 Å². The molecular formula is C9H4F12O5. The van der Waals surface area contributed by atoms with Crippen LogP contribution in [0.5, 0.6) is 0 Å². The Hall–Kier alpha value is -1.49.